The molecule has 178 valence electrons. The second kappa shape index (κ2) is 10.6. The minimum absolute atomic E-state index is 0.0815. The molecule has 0 aliphatic rings. The Morgan fingerprint density at radius 1 is 1.24 bits per heavy atom. The molecule has 34 heavy (non-hydrogen) atoms. The van der Waals surface area contributed by atoms with Crippen LogP contribution in [-0.4, -0.2) is 31.9 Å². The van der Waals surface area contributed by atoms with Crippen molar-refractivity contribution in [2.24, 2.45) is 0 Å². The van der Waals surface area contributed by atoms with E-state index in [1.54, 1.807) is 36.1 Å². The van der Waals surface area contributed by atoms with E-state index in [0.717, 1.165) is 0 Å². The van der Waals surface area contributed by atoms with Crippen LogP contribution in [-0.2, 0) is 17.6 Å². The van der Waals surface area contributed by atoms with Crippen LogP contribution in [0, 0.1) is 18.3 Å². The van der Waals surface area contributed by atoms with E-state index in [1.165, 1.54) is 35.6 Å². The highest BCUT2D eigenvalue weighted by atomic mass is 32.2. The molecular formula is C21H17F3N4O4S2. The highest BCUT2D eigenvalue weighted by Crippen LogP contribution is 2.33. The Hall–Kier alpha value is -3.47. The van der Waals surface area contributed by atoms with Crippen LogP contribution < -0.4 is 15.0 Å². The van der Waals surface area contributed by atoms with Gasteiger partial charge >= 0.3 is 6.36 Å². The molecule has 0 aliphatic heterocycles. The van der Waals surface area contributed by atoms with Crippen LogP contribution in [0.25, 0.3) is 0 Å². The molecular weight excluding hydrogens is 493 g/mol. The summed E-state index contributed by atoms with van der Waals surface area (Å²) in [5.74, 6) is -1.42. The Kier molecular flexibility index (Phi) is 7.87. The number of anilines is 2. The Morgan fingerprint density at radius 2 is 1.88 bits per heavy atom. The number of carbonyl (C=O) groups excluding carboxylic acids is 1. The maximum Gasteiger partial charge on any atom is 0.573 e. The van der Waals surface area contributed by atoms with E-state index in [-0.39, 0.29) is 18.0 Å². The summed E-state index contributed by atoms with van der Waals surface area (Å²) in [6, 6.07) is 13.9. The van der Waals surface area contributed by atoms with Crippen molar-refractivity contribution in [2.75, 3.05) is 10.8 Å². The van der Waals surface area contributed by atoms with Crippen molar-refractivity contribution in [3.05, 3.63) is 70.2 Å². The van der Waals surface area contributed by atoms with E-state index >= 15 is 0 Å². The first-order valence-electron chi connectivity index (χ1n) is 9.51. The number of nitrogens with zero attached hydrogens (tertiary/aromatic N) is 3. The second-order valence-electron chi connectivity index (χ2n) is 6.81. The standard InChI is InChI=1S/C21H17F3N4O4S2/c1-13-18(19(29)26-12-34(30)31)27-20(33-13)28(16-6-2-14(10-25)3-7-16)11-15-4-8-17(9-5-15)32-21(22,23)24/h2-9H,11-12H2,1H3,(H,26,29)(H,30,31). The molecule has 1 amide bonds. The molecule has 0 aliphatic carbocycles. The summed E-state index contributed by atoms with van der Waals surface area (Å²) in [4.78, 5) is 19.0. The average molecular weight is 511 g/mol. The molecule has 0 spiro atoms. The fourth-order valence-corrected chi connectivity index (χ4v) is 4.06. The van der Waals surface area contributed by atoms with Gasteiger partial charge in [0.05, 0.1) is 18.2 Å². The van der Waals surface area contributed by atoms with Gasteiger partial charge in [-0.2, -0.15) is 5.26 Å². The molecule has 0 bridgehead atoms. The zero-order valence-electron chi connectivity index (χ0n) is 17.5. The SMILES string of the molecule is Cc1sc(N(Cc2ccc(OC(F)(F)F)cc2)c2ccc(C#N)cc2)nc1C(=O)NCS(=O)O. The minimum atomic E-state index is -4.80. The van der Waals surface area contributed by atoms with E-state index in [0.29, 0.717) is 26.8 Å². The molecule has 0 radical (unpaired) electrons. The van der Waals surface area contributed by atoms with Crippen molar-refractivity contribution in [3.63, 3.8) is 0 Å². The molecule has 8 nitrogen and oxygen atoms in total. The topological polar surface area (TPSA) is 116 Å². The molecule has 0 saturated heterocycles. The molecule has 1 aromatic heterocycles. The number of thiazole rings is 1. The first kappa shape index (κ1) is 25.2. The third-order valence-electron chi connectivity index (χ3n) is 4.39. The predicted octanol–water partition coefficient (Wildman–Crippen LogP) is 4.47. The van der Waals surface area contributed by atoms with Gasteiger partial charge in [0.2, 0.25) is 0 Å². The molecule has 1 heterocycles. The lowest BCUT2D eigenvalue weighted by Crippen LogP contribution is -2.27. The maximum atomic E-state index is 12.4. The zero-order chi connectivity index (χ0) is 24.9. The molecule has 1 unspecified atom stereocenters. The smallest absolute Gasteiger partial charge is 0.406 e. The number of amides is 1. The number of hydrogen-bond donors (Lipinski definition) is 2. The maximum absolute atomic E-state index is 12.4. The molecule has 13 heteroatoms. The number of hydrogen-bond acceptors (Lipinski definition) is 7. The van der Waals surface area contributed by atoms with Gasteiger partial charge in [-0.1, -0.05) is 12.1 Å². The number of aryl methyl sites for hydroxylation is 1. The fourth-order valence-electron chi connectivity index (χ4n) is 2.88. The van der Waals surface area contributed by atoms with Gasteiger partial charge in [0.15, 0.2) is 16.2 Å². The average Bonchev–Trinajstić information content (AvgIpc) is 3.17. The van der Waals surface area contributed by atoms with Gasteiger partial charge in [0.1, 0.15) is 17.3 Å². The Bertz CT molecular complexity index is 1220. The summed E-state index contributed by atoms with van der Waals surface area (Å²) < 4.78 is 61.0. The third-order valence-corrected chi connectivity index (χ3v) is 5.78. The number of ether oxygens (including phenoxy) is 1. The van der Waals surface area contributed by atoms with Crippen LogP contribution >= 0.6 is 11.3 Å². The van der Waals surface area contributed by atoms with Crippen molar-refractivity contribution < 1.29 is 31.5 Å². The van der Waals surface area contributed by atoms with E-state index in [2.05, 4.69) is 15.0 Å². The summed E-state index contributed by atoms with van der Waals surface area (Å²) in [5.41, 5.74) is 1.78. The lowest BCUT2D eigenvalue weighted by atomic mass is 10.1. The number of aromatic nitrogens is 1. The predicted molar refractivity (Wildman–Crippen MR) is 120 cm³/mol. The molecule has 0 saturated carbocycles. The van der Waals surface area contributed by atoms with Gasteiger partial charge < -0.3 is 19.5 Å². The van der Waals surface area contributed by atoms with Gasteiger partial charge in [-0.25, -0.2) is 9.19 Å². The zero-order valence-corrected chi connectivity index (χ0v) is 19.1. The summed E-state index contributed by atoms with van der Waals surface area (Å²) in [6.45, 7) is 1.86. The van der Waals surface area contributed by atoms with Gasteiger partial charge in [-0.3, -0.25) is 4.79 Å². The summed E-state index contributed by atoms with van der Waals surface area (Å²) in [6.07, 6.45) is -4.80. The molecule has 3 rings (SSSR count). The van der Waals surface area contributed by atoms with Gasteiger partial charge in [0, 0.05) is 10.6 Å². The van der Waals surface area contributed by atoms with Gasteiger partial charge in [-0.15, -0.1) is 24.5 Å². The first-order valence-corrected chi connectivity index (χ1v) is 11.6. The highest BCUT2D eigenvalue weighted by Gasteiger charge is 2.31. The van der Waals surface area contributed by atoms with E-state index in [9.17, 15) is 22.2 Å². The number of nitrogens with one attached hydrogen (secondary N) is 1. The normalized spacial score (nSPS) is 12.0. The number of nitriles is 1. The fraction of sp³-hybridized carbons (Fsp3) is 0.190. The van der Waals surface area contributed by atoms with Crippen molar-refractivity contribution in [2.45, 2.75) is 19.8 Å². The van der Waals surface area contributed by atoms with Crippen LogP contribution in [0.15, 0.2) is 48.5 Å². The quantitative estimate of drug-likeness (QED) is 0.430. The van der Waals surface area contributed by atoms with E-state index in [4.69, 9.17) is 9.81 Å². The molecule has 3 aromatic rings. The van der Waals surface area contributed by atoms with Crippen molar-refractivity contribution >= 4 is 39.1 Å². The Labute approximate surface area is 198 Å². The molecule has 0 fully saturated rings. The molecule has 2 N–H and O–H groups in total. The highest BCUT2D eigenvalue weighted by molar-refractivity contribution is 7.79. The van der Waals surface area contributed by atoms with E-state index in [1.807, 2.05) is 6.07 Å². The number of halogens is 3. The van der Waals surface area contributed by atoms with Crippen LogP contribution in [0.1, 0.15) is 26.5 Å². The van der Waals surface area contributed by atoms with Crippen LogP contribution in [0.4, 0.5) is 24.0 Å². The lowest BCUT2D eigenvalue weighted by molar-refractivity contribution is -0.274. The van der Waals surface area contributed by atoms with E-state index < -0.39 is 29.2 Å². The van der Waals surface area contributed by atoms with Gasteiger partial charge in [0.25, 0.3) is 5.91 Å². The largest absolute Gasteiger partial charge is 0.573 e. The van der Waals surface area contributed by atoms with Crippen LogP contribution in [0.2, 0.25) is 0 Å². The summed E-state index contributed by atoms with van der Waals surface area (Å²) in [5, 5.41) is 11.8. The van der Waals surface area contributed by atoms with Gasteiger partial charge in [-0.05, 0) is 48.9 Å². The number of benzene rings is 2. The van der Waals surface area contributed by atoms with Crippen molar-refractivity contribution in [3.8, 4) is 11.8 Å². The second-order valence-corrected chi connectivity index (χ2v) is 8.92. The molecule has 1 atom stereocenters. The monoisotopic (exact) mass is 510 g/mol. The van der Waals surface area contributed by atoms with Crippen molar-refractivity contribution in [1.29, 1.82) is 5.26 Å². The number of rotatable bonds is 8. The minimum Gasteiger partial charge on any atom is -0.406 e. The lowest BCUT2D eigenvalue weighted by Gasteiger charge is -2.22. The van der Waals surface area contributed by atoms with Crippen LogP contribution in [0.5, 0.6) is 5.75 Å². The summed E-state index contributed by atoms with van der Waals surface area (Å²) in [7, 11) is 0. The number of carbonyl (C=O) groups is 1. The Morgan fingerprint density at radius 3 is 2.44 bits per heavy atom. The Balaban J connectivity index is 1.92. The number of alkyl halides is 3. The summed E-state index contributed by atoms with van der Waals surface area (Å²) >= 11 is -1.01. The van der Waals surface area contributed by atoms with Crippen molar-refractivity contribution in [1.82, 2.24) is 10.3 Å². The van der Waals surface area contributed by atoms with Crippen LogP contribution in [0.3, 0.4) is 0 Å². The first-order chi connectivity index (χ1) is 16.1. The molecule has 2 aromatic carbocycles. The third kappa shape index (κ3) is 6.77.